The zero-order valence-electron chi connectivity index (χ0n) is 15.2. The smallest absolute Gasteiger partial charge is 0.342 e. The lowest BCUT2D eigenvalue weighted by molar-refractivity contribution is -0.123. The molecule has 2 heterocycles. The van der Waals surface area contributed by atoms with Crippen molar-refractivity contribution in [1.29, 1.82) is 0 Å². The molecule has 0 aromatic carbocycles. The standard InChI is InChI=1S/C17H19N3O5S2/c1-7-9(3)27-16(19-10(4)21)12(7)17(24)25-8(2)14(23)20-15-11(13(18)22)5-6-26-15/h5-6,8H,1-4H3,(H2,18,22)(H,19,21)(H,20,23). The number of carbonyl (C=O) groups is 4. The molecule has 0 fully saturated rings. The zero-order chi connectivity index (χ0) is 20.3. The second-order valence-electron chi connectivity index (χ2n) is 5.73. The molecule has 0 radical (unpaired) electrons. The molecule has 0 saturated carbocycles. The van der Waals surface area contributed by atoms with Gasteiger partial charge >= 0.3 is 5.97 Å². The number of anilines is 2. The third kappa shape index (κ3) is 4.72. The van der Waals surface area contributed by atoms with Gasteiger partial charge in [-0.25, -0.2) is 4.79 Å². The van der Waals surface area contributed by atoms with E-state index in [1.807, 2.05) is 6.92 Å². The molecular weight excluding hydrogens is 390 g/mol. The van der Waals surface area contributed by atoms with Crippen LogP contribution in [0.4, 0.5) is 10.0 Å². The fraction of sp³-hybridized carbons (Fsp3) is 0.294. The zero-order valence-corrected chi connectivity index (χ0v) is 16.8. The molecular formula is C17H19N3O5S2. The molecule has 0 bridgehead atoms. The SMILES string of the molecule is CC(=O)Nc1sc(C)c(C)c1C(=O)OC(C)C(=O)Nc1sccc1C(N)=O. The summed E-state index contributed by atoms with van der Waals surface area (Å²) in [4.78, 5) is 48.4. The highest BCUT2D eigenvalue weighted by atomic mass is 32.1. The highest BCUT2D eigenvalue weighted by Crippen LogP contribution is 2.33. The summed E-state index contributed by atoms with van der Waals surface area (Å²) in [6.07, 6.45) is -1.12. The molecule has 1 atom stereocenters. The molecule has 8 nitrogen and oxygen atoms in total. The van der Waals surface area contributed by atoms with E-state index in [4.69, 9.17) is 10.5 Å². The molecule has 27 heavy (non-hydrogen) atoms. The molecule has 1 unspecified atom stereocenters. The largest absolute Gasteiger partial charge is 0.449 e. The quantitative estimate of drug-likeness (QED) is 0.632. The molecule has 2 rings (SSSR count). The lowest BCUT2D eigenvalue weighted by atomic mass is 10.1. The van der Waals surface area contributed by atoms with Gasteiger partial charge in [-0.2, -0.15) is 0 Å². The average molecular weight is 409 g/mol. The lowest BCUT2D eigenvalue weighted by Gasteiger charge is -2.14. The van der Waals surface area contributed by atoms with Crippen molar-refractivity contribution < 1.29 is 23.9 Å². The van der Waals surface area contributed by atoms with Crippen LogP contribution in [0.2, 0.25) is 0 Å². The van der Waals surface area contributed by atoms with E-state index < -0.39 is 23.9 Å². The van der Waals surface area contributed by atoms with E-state index in [0.717, 1.165) is 16.2 Å². The van der Waals surface area contributed by atoms with E-state index in [2.05, 4.69) is 10.6 Å². The first-order valence-corrected chi connectivity index (χ1v) is 9.58. The average Bonchev–Trinajstić information content (AvgIpc) is 3.12. The first-order chi connectivity index (χ1) is 12.6. The van der Waals surface area contributed by atoms with E-state index in [9.17, 15) is 19.2 Å². The lowest BCUT2D eigenvalue weighted by Crippen LogP contribution is -2.30. The minimum Gasteiger partial charge on any atom is -0.449 e. The number of aryl methyl sites for hydroxylation is 1. The predicted molar refractivity (Wildman–Crippen MR) is 104 cm³/mol. The Morgan fingerprint density at radius 2 is 1.81 bits per heavy atom. The number of hydrogen-bond acceptors (Lipinski definition) is 7. The van der Waals surface area contributed by atoms with Crippen LogP contribution in [-0.2, 0) is 14.3 Å². The van der Waals surface area contributed by atoms with Gasteiger partial charge in [0.05, 0.1) is 11.1 Å². The maximum atomic E-state index is 12.6. The van der Waals surface area contributed by atoms with E-state index >= 15 is 0 Å². The fourth-order valence-corrected chi connectivity index (χ4v) is 4.10. The third-order valence-electron chi connectivity index (χ3n) is 3.70. The number of thiophene rings is 2. The van der Waals surface area contributed by atoms with Crippen LogP contribution >= 0.6 is 22.7 Å². The third-order valence-corrected chi connectivity index (χ3v) is 5.65. The summed E-state index contributed by atoms with van der Waals surface area (Å²) in [5.41, 5.74) is 6.32. The second kappa shape index (κ2) is 8.31. The Labute approximate surface area is 163 Å². The van der Waals surface area contributed by atoms with E-state index in [1.165, 1.54) is 31.3 Å². The minimum absolute atomic E-state index is 0.184. The maximum Gasteiger partial charge on any atom is 0.342 e. The molecule has 0 aliphatic carbocycles. The van der Waals surface area contributed by atoms with Gasteiger partial charge < -0.3 is 21.1 Å². The normalized spacial score (nSPS) is 11.6. The number of amides is 3. The number of primary amides is 1. The summed E-state index contributed by atoms with van der Waals surface area (Å²) < 4.78 is 5.26. The van der Waals surface area contributed by atoms with Crippen LogP contribution in [0.1, 0.15) is 45.0 Å². The van der Waals surface area contributed by atoms with Crippen LogP contribution < -0.4 is 16.4 Å². The van der Waals surface area contributed by atoms with Gasteiger partial charge in [-0.1, -0.05) is 0 Å². The van der Waals surface area contributed by atoms with Gasteiger partial charge in [-0.15, -0.1) is 22.7 Å². The molecule has 0 saturated heterocycles. The summed E-state index contributed by atoms with van der Waals surface area (Å²) >= 11 is 2.39. The van der Waals surface area contributed by atoms with Crippen LogP contribution in [0.3, 0.4) is 0 Å². The first-order valence-electron chi connectivity index (χ1n) is 7.88. The van der Waals surface area contributed by atoms with Crippen molar-refractivity contribution in [3.63, 3.8) is 0 Å². The number of hydrogen-bond donors (Lipinski definition) is 3. The Hall–Kier alpha value is -2.72. The van der Waals surface area contributed by atoms with Crippen molar-refractivity contribution in [2.45, 2.75) is 33.8 Å². The number of carbonyl (C=O) groups excluding carboxylic acids is 4. The molecule has 3 amide bonds. The van der Waals surface area contributed by atoms with Gasteiger partial charge in [0.25, 0.3) is 11.8 Å². The summed E-state index contributed by atoms with van der Waals surface area (Å²) in [5.74, 6) is -2.29. The molecule has 2 aromatic rings. The van der Waals surface area contributed by atoms with Crippen molar-refractivity contribution in [3.8, 4) is 0 Å². The van der Waals surface area contributed by atoms with Gasteiger partial charge in [0.2, 0.25) is 5.91 Å². The summed E-state index contributed by atoms with van der Waals surface area (Å²) in [7, 11) is 0. The molecule has 0 spiro atoms. The molecule has 10 heteroatoms. The Morgan fingerprint density at radius 1 is 1.15 bits per heavy atom. The Kier molecular flexibility index (Phi) is 6.34. The van der Waals surface area contributed by atoms with Crippen LogP contribution in [-0.4, -0.2) is 29.8 Å². The van der Waals surface area contributed by atoms with Crippen molar-refractivity contribution >= 4 is 56.4 Å². The summed E-state index contributed by atoms with van der Waals surface area (Å²) in [5, 5.41) is 7.42. The first kappa shape index (κ1) is 20.6. The fourth-order valence-electron chi connectivity index (χ4n) is 2.21. The molecule has 0 aliphatic rings. The van der Waals surface area contributed by atoms with Crippen LogP contribution in [0, 0.1) is 13.8 Å². The van der Waals surface area contributed by atoms with Gasteiger partial charge in [-0.3, -0.25) is 14.4 Å². The van der Waals surface area contributed by atoms with E-state index in [0.29, 0.717) is 10.6 Å². The van der Waals surface area contributed by atoms with Crippen LogP contribution in [0.15, 0.2) is 11.4 Å². The number of nitrogens with one attached hydrogen (secondary N) is 2. The topological polar surface area (TPSA) is 128 Å². The molecule has 0 aliphatic heterocycles. The van der Waals surface area contributed by atoms with Gasteiger partial charge in [0.1, 0.15) is 10.0 Å². The Bertz CT molecular complexity index is 916. The van der Waals surface area contributed by atoms with E-state index in [-0.39, 0.29) is 22.0 Å². The monoisotopic (exact) mass is 409 g/mol. The van der Waals surface area contributed by atoms with Gasteiger partial charge in [0, 0.05) is 11.8 Å². The molecule has 144 valence electrons. The van der Waals surface area contributed by atoms with Crippen molar-refractivity contribution in [3.05, 3.63) is 33.0 Å². The second-order valence-corrected chi connectivity index (χ2v) is 7.87. The maximum absolute atomic E-state index is 12.6. The number of esters is 1. The molecule has 4 N–H and O–H groups in total. The predicted octanol–water partition coefficient (Wildman–Crippen LogP) is 2.67. The van der Waals surface area contributed by atoms with Crippen molar-refractivity contribution in [1.82, 2.24) is 0 Å². The van der Waals surface area contributed by atoms with E-state index in [1.54, 1.807) is 12.3 Å². The number of nitrogens with two attached hydrogens (primary N) is 1. The minimum atomic E-state index is -1.12. The Balaban J connectivity index is 2.13. The Morgan fingerprint density at radius 3 is 2.41 bits per heavy atom. The number of rotatable bonds is 6. The van der Waals surface area contributed by atoms with Crippen molar-refractivity contribution in [2.75, 3.05) is 10.6 Å². The van der Waals surface area contributed by atoms with Crippen LogP contribution in [0.25, 0.3) is 0 Å². The van der Waals surface area contributed by atoms with Crippen LogP contribution in [0.5, 0.6) is 0 Å². The van der Waals surface area contributed by atoms with Crippen molar-refractivity contribution in [2.24, 2.45) is 5.73 Å². The highest BCUT2D eigenvalue weighted by molar-refractivity contribution is 7.16. The summed E-state index contributed by atoms with van der Waals surface area (Å²) in [6, 6.07) is 1.50. The van der Waals surface area contributed by atoms with Gasteiger partial charge in [0.15, 0.2) is 6.10 Å². The number of ether oxygens (including phenoxy) is 1. The summed E-state index contributed by atoms with van der Waals surface area (Å²) in [6.45, 7) is 6.31. The van der Waals surface area contributed by atoms with Gasteiger partial charge in [-0.05, 0) is 37.8 Å². The molecule has 2 aromatic heterocycles. The highest BCUT2D eigenvalue weighted by Gasteiger charge is 2.26.